The molecule has 8 saturated heterocycles. The molecule has 0 aliphatic carbocycles. The summed E-state index contributed by atoms with van der Waals surface area (Å²) in [5.41, 5.74) is 1.69. The van der Waals surface area contributed by atoms with Gasteiger partial charge in [-0.2, -0.15) is 5.26 Å². The van der Waals surface area contributed by atoms with Gasteiger partial charge in [-0.1, -0.05) is 66.1 Å². The Morgan fingerprint density at radius 3 is 1.02 bits per heavy atom. The molecule has 628 valence electrons. The van der Waals surface area contributed by atoms with E-state index in [4.69, 9.17) is 118 Å². The number of ketones is 3. The number of ether oxygens (including phenoxy) is 11. The number of hydrogen-bond acceptors (Lipinski definition) is 27. The van der Waals surface area contributed by atoms with Crippen molar-refractivity contribution in [1.29, 1.82) is 5.26 Å². The molecule has 33 heteroatoms. The number of nitriles is 1. The summed E-state index contributed by atoms with van der Waals surface area (Å²) >= 11 is 27.0. The van der Waals surface area contributed by atoms with Crippen LogP contribution in [0.5, 0.6) is 34.5 Å². The van der Waals surface area contributed by atoms with Gasteiger partial charge in [0.05, 0.1) is 192 Å². The van der Waals surface area contributed by atoms with E-state index in [2.05, 4.69) is 66.4 Å². The Bertz CT molecular complexity index is 5270. The number of benzene rings is 3. The molecule has 6 atom stereocenters. The van der Waals surface area contributed by atoms with Crippen LogP contribution in [0.3, 0.4) is 0 Å². The molecule has 3 aromatic carbocycles. The summed E-state index contributed by atoms with van der Waals surface area (Å²) in [6, 6.07) is 17.9. The number of carbonyl (C=O) groups is 3. The summed E-state index contributed by atoms with van der Waals surface area (Å²) in [4.78, 5) is 71.1. The maximum atomic E-state index is 15.4. The quantitative estimate of drug-likeness (QED) is 0.0403. The Hall–Kier alpha value is -10.5. The van der Waals surface area contributed by atoms with Crippen molar-refractivity contribution in [2.45, 2.75) is 44.3 Å². The van der Waals surface area contributed by atoms with E-state index in [0.29, 0.717) is 185 Å². The molecule has 8 aliphatic rings. The number of nitrogens with one attached hydrogen (secondary N) is 3. The van der Waals surface area contributed by atoms with Crippen molar-refractivity contribution < 1.29 is 75.3 Å². The largest absolute Gasteiger partial charge is 0.495 e. The van der Waals surface area contributed by atoms with E-state index < -0.39 is 17.0 Å². The van der Waals surface area contributed by atoms with Crippen LogP contribution in [0.4, 0.5) is 43.7 Å². The van der Waals surface area contributed by atoms with Crippen molar-refractivity contribution >= 4 is 131 Å². The first-order valence-corrected chi connectivity index (χ1v) is 40.4. The Labute approximate surface area is 711 Å². The number of allylic oxidation sites excluding steroid dienone is 3. The summed E-state index contributed by atoms with van der Waals surface area (Å²) in [6.07, 6.45) is 10.3. The molecule has 6 aromatic heterocycles. The van der Waals surface area contributed by atoms with Crippen LogP contribution in [-0.2, 0) is 38.1 Å². The van der Waals surface area contributed by atoms with Crippen molar-refractivity contribution in [2.24, 2.45) is 34.0 Å². The number of nitrogens with zero attached hydrogens (tertiary/aromatic N) is 10. The summed E-state index contributed by atoms with van der Waals surface area (Å²) in [6.45, 7) is 22.6. The van der Waals surface area contributed by atoms with Gasteiger partial charge in [-0.25, -0.2) is 38.7 Å². The van der Waals surface area contributed by atoms with Gasteiger partial charge in [0.15, 0.2) is 40.5 Å². The van der Waals surface area contributed by atoms with E-state index in [9.17, 15) is 19.6 Å². The van der Waals surface area contributed by atoms with Crippen molar-refractivity contribution in [2.75, 3.05) is 179 Å². The van der Waals surface area contributed by atoms with Crippen LogP contribution in [-0.4, -0.2) is 213 Å². The molecule has 120 heavy (non-hydrogen) atoms. The fraction of sp³-hybridized carbons (Fsp3) is 0.402. The summed E-state index contributed by atoms with van der Waals surface area (Å²) in [5.74, 6) is 3.69. The lowest BCUT2D eigenvalue weighted by molar-refractivity contribution is -0.127. The number of carbonyl (C=O) groups excluding carboxylic acids is 3. The smallest absolute Gasteiger partial charge is 0.177 e. The number of hydrogen-bond donors (Lipinski definition) is 3. The minimum Gasteiger partial charge on any atom is -0.495 e. The summed E-state index contributed by atoms with van der Waals surface area (Å²) in [5, 5.41) is 26.2. The Morgan fingerprint density at radius 1 is 0.458 bits per heavy atom. The molecule has 17 rings (SSSR count). The zero-order valence-electron chi connectivity index (χ0n) is 67.1. The lowest BCUT2D eigenvalue weighted by Gasteiger charge is -2.55. The van der Waals surface area contributed by atoms with Gasteiger partial charge in [-0.15, -0.1) is 0 Å². The topological polar surface area (TPSA) is 300 Å². The van der Waals surface area contributed by atoms with Gasteiger partial charge in [0.1, 0.15) is 57.9 Å². The van der Waals surface area contributed by atoms with E-state index in [1.165, 1.54) is 52.7 Å². The molecule has 0 radical (unpaired) electrons. The Balaban J connectivity index is 0.000000140. The number of rotatable bonds is 27. The van der Waals surface area contributed by atoms with Gasteiger partial charge < -0.3 is 82.8 Å². The van der Waals surface area contributed by atoms with Crippen LogP contribution in [0.15, 0.2) is 111 Å². The monoisotopic (exact) mass is 1720 g/mol. The molecule has 8 aliphatic heterocycles. The van der Waals surface area contributed by atoms with Crippen LogP contribution in [0, 0.1) is 57.0 Å². The maximum Gasteiger partial charge on any atom is 0.177 e. The van der Waals surface area contributed by atoms with E-state index in [0.717, 1.165) is 72.1 Å². The highest BCUT2D eigenvalue weighted by Gasteiger charge is 2.52. The van der Waals surface area contributed by atoms with Crippen LogP contribution in [0.2, 0.25) is 20.1 Å². The van der Waals surface area contributed by atoms with Gasteiger partial charge in [0.2, 0.25) is 0 Å². The van der Waals surface area contributed by atoms with E-state index >= 15 is 8.78 Å². The van der Waals surface area contributed by atoms with Gasteiger partial charge in [0, 0.05) is 157 Å². The number of aromatic nitrogens is 6. The summed E-state index contributed by atoms with van der Waals surface area (Å²) < 4.78 is 90.9. The molecule has 3 N–H and O–H groups in total. The molecular formula is C87H89Cl4F2N13O14. The summed E-state index contributed by atoms with van der Waals surface area (Å²) in [7, 11) is 8.75. The second kappa shape index (κ2) is 35.3. The molecular weight excluding hydrogens is 1630 g/mol. The highest BCUT2D eigenvalue weighted by molar-refractivity contribution is 6.42. The van der Waals surface area contributed by atoms with Crippen molar-refractivity contribution in [3.63, 3.8) is 0 Å². The Morgan fingerprint density at radius 2 is 0.750 bits per heavy atom. The van der Waals surface area contributed by atoms with Crippen LogP contribution < -0.4 is 59.1 Å². The number of methoxy groups -OCH3 is 6. The molecule has 27 nitrogen and oxygen atoms in total. The predicted molar refractivity (Wildman–Crippen MR) is 456 cm³/mol. The number of halogens is 6. The second-order valence-electron chi connectivity index (χ2n) is 31.7. The average Bonchev–Trinajstić information content (AvgIpc) is 0.778. The molecule has 9 aromatic rings. The standard InChI is InChI=1S/C29H29Cl2N5O4.C29H30Cl2N4O5.C29H30F2N4O5/c1-5-18(37)6-17-11-40-12-21(17)34-24-8-19-16(10-33-24)7-20(35-28(19)36-14-29(2,13-32)15-36)25-26(30)22(38-3)9-23(39-4)27(25)31;2*1-4-18(36)5-17-10-39-11-21(17)33-24-7-19-16(9-32-24)6-20(34-28(19)35-12-29(13-35)14-40-15-29)25-26(30)22(37-2)8-23(38-3)27(25)31/h5,7-10,17,21H,1,6,11-12,14-15H2,2-4H3,(H,33,34);2*4,6-9,17,21H,1,5,10-15H2,2-3H3,(H,32,33)/t3*17-,21+/m000/s1. The average molecular weight is 1720 g/mol. The first kappa shape index (κ1) is 84.5. The van der Waals surface area contributed by atoms with E-state index in [1.54, 1.807) is 44.8 Å². The predicted octanol–water partition coefficient (Wildman–Crippen LogP) is 14.6. The lowest BCUT2D eigenvalue weighted by Crippen LogP contribution is -2.66. The molecule has 0 unspecified atom stereocenters. The van der Waals surface area contributed by atoms with Crippen LogP contribution in [0.1, 0.15) is 26.2 Å². The third kappa shape index (κ3) is 16.8. The zero-order chi connectivity index (χ0) is 84.6. The highest BCUT2D eigenvalue weighted by Crippen LogP contribution is 2.52. The van der Waals surface area contributed by atoms with Crippen molar-refractivity contribution in [3.05, 3.63) is 143 Å². The van der Waals surface area contributed by atoms with Gasteiger partial charge in [0.25, 0.3) is 0 Å². The zero-order valence-corrected chi connectivity index (χ0v) is 70.2. The molecule has 8 fully saturated rings. The fourth-order valence-electron chi connectivity index (χ4n) is 16.5. The number of pyridine rings is 6. The molecule has 0 bridgehead atoms. The number of fused-ring (bicyclic) bond motifs is 3. The second-order valence-corrected chi connectivity index (χ2v) is 33.2. The van der Waals surface area contributed by atoms with E-state index in [1.807, 2.05) is 43.5 Å². The maximum absolute atomic E-state index is 15.4. The molecule has 0 amide bonds. The Kier molecular flexibility index (Phi) is 24.8. The fourth-order valence-corrected chi connectivity index (χ4v) is 17.9. The number of anilines is 6. The third-order valence-corrected chi connectivity index (χ3v) is 24.7. The van der Waals surface area contributed by atoms with Crippen molar-refractivity contribution in [3.8, 4) is 74.3 Å². The SMILES string of the molecule is C=CC(=O)C[C@H]1COC[C@H]1Nc1cc2c(N3CC(C)(C#N)C3)nc(-c3c(Cl)c(OC)cc(OC)c3Cl)cc2cn1.C=CC(=O)C[C@H]1COC[C@H]1Nc1cc2c(N3CC4(COC4)C3)nc(-c3c(Cl)c(OC)cc(OC)c3Cl)cc2cn1.C=CC(=O)C[C@H]1COC[C@H]1Nc1cc2c(N3CC4(COC4)C3)nc(-c3c(F)c(OC)cc(OC)c3F)cc2cn1. The van der Waals surface area contributed by atoms with Gasteiger partial charge in [-0.3, -0.25) is 14.4 Å². The van der Waals surface area contributed by atoms with E-state index in [-0.39, 0.29) is 86.8 Å². The molecule has 2 spiro atoms. The minimum atomic E-state index is -0.862. The van der Waals surface area contributed by atoms with Crippen LogP contribution in [0.25, 0.3) is 66.1 Å². The first-order chi connectivity index (χ1) is 57.9. The van der Waals surface area contributed by atoms with Crippen LogP contribution >= 0.6 is 46.4 Å². The highest BCUT2D eigenvalue weighted by atomic mass is 35.5. The molecule has 14 heterocycles. The third-order valence-electron chi connectivity index (χ3n) is 23.2. The minimum absolute atomic E-state index is 0.00553. The van der Waals surface area contributed by atoms with Crippen molar-refractivity contribution in [1.82, 2.24) is 29.9 Å². The first-order valence-electron chi connectivity index (χ1n) is 38.9. The lowest BCUT2D eigenvalue weighted by atomic mass is 9.78. The van der Waals surface area contributed by atoms with Gasteiger partial charge in [-0.05, 0) is 61.5 Å². The van der Waals surface area contributed by atoms with Gasteiger partial charge >= 0.3 is 0 Å². The molecule has 0 saturated carbocycles. The normalized spacial score (nSPS) is 20.6.